The molecule has 0 bridgehead atoms. The van der Waals surface area contributed by atoms with E-state index in [1.54, 1.807) is 0 Å². The van der Waals surface area contributed by atoms with E-state index >= 15 is 0 Å². The lowest BCUT2D eigenvalue weighted by Gasteiger charge is -2.15. The van der Waals surface area contributed by atoms with Crippen molar-refractivity contribution in [2.75, 3.05) is 11.9 Å². The molecule has 3 nitrogen and oxygen atoms in total. The van der Waals surface area contributed by atoms with Gasteiger partial charge in [0.05, 0.1) is 0 Å². The van der Waals surface area contributed by atoms with E-state index in [0.29, 0.717) is 5.92 Å². The highest BCUT2D eigenvalue weighted by atomic mass is 16.5. The van der Waals surface area contributed by atoms with Crippen molar-refractivity contribution in [3.8, 4) is 5.75 Å². The summed E-state index contributed by atoms with van der Waals surface area (Å²) in [5.74, 6) is 0.990. The quantitative estimate of drug-likeness (QED) is 0.865. The second-order valence-corrected chi connectivity index (χ2v) is 6.30. The molecule has 23 heavy (non-hydrogen) atoms. The van der Waals surface area contributed by atoms with Crippen molar-refractivity contribution in [3.05, 3.63) is 58.7 Å². The van der Waals surface area contributed by atoms with E-state index in [9.17, 15) is 4.79 Å². The molecule has 0 aliphatic heterocycles. The Morgan fingerprint density at radius 3 is 2.30 bits per heavy atom. The smallest absolute Gasteiger partial charge is 0.262 e. The number of anilines is 1. The van der Waals surface area contributed by atoms with E-state index in [2.05, 4.69) is 38.2 Å². The Bertz CT molecular complexity index is 682. The van der Waals surface area contributed by atoms with Crippen LogP contribution >= 0.6 is 0 Å². The predicted octanol–water partition coefficient (Wildman–Crippen LogP) is 4.75. The maximum absolute atomic E-state index is 12.2. The van der Waals surface area contributed by atoms with Gasteiger partial charge in [-0.1, -0.05) is 49.7 Å². The Morgan fingerprint density at radius 2 is 1.70 bits per heavy atom. The van der Waals surface area contributed by atoms with Gasteiger partial charge in [-0.15, -0.1) is 0 Å². The van der Waals surface area contributed by atoms with Crippen molar-refractivity contribution in [1.29, 1.82) is 0 Å². The minimum atomic E-state index is -0.140. The Morgan fingerprint density at radius 1 is 1.09 bits per heavy atom. The highest BCUT2D eigenvalue weighted by molar-refractivity contribution is 5.93. The molecular formula is C20H25NO2. The van der Waals surface area contributed by atoms with E-state index < -0.39 is 0 Å². The van der Waals surface area contributed by atoms with Gasteiger partial charge in [0.1, 0.15) is 5.75 Å². The molecule has 2 aromatic rings. The Balaban J connectivity index is 2.04. The van der Waals surface area contributed by atoms with Crippen molar-refractivity contribution in [2.45, 2.75) is 40.5 Å². The number of aryl methyl sites for hydroxylation is 3. The number of para-hydroxylation sites is 1. The van der Waals surface area contributed by atoms with Crippen LogP contribution in [0.3, 0.4) is 0 Å². The van der Waals surface area contributed by atoms with Crippen LogP contribution in [0.2, 0.25) is 0 Å². The summed E-state index contributed by atoms with van der Waals surface area (Å²) < 4.78 is 5.72. The number of carbonyl (C=O) groups excluding carboxylic acids is 1. The fraction of sp³-hybridized carbons (Fsp3) is 0.350. The van der Waals surface area contributed by atoms with Crippen LogP contribution in [0.1, 0.15) is 42.0 Å². The van der Waals surface area contributed by atoms with Crippen LogP contribution in [0.4, 0.5) is 5.69 Å². The van der Waals surface area contributed by atoms with Gasteiger partial charge in [-0.25, -0.2) is 0 Å². The molecule has 2 aromatic carbocycles. The van der Waals surface area contributed by atoms with Gasteiger partial charge in [-0.05, 0) is 49.4 Å². The monoisotopic (exact) mass is 311 g/mol. The Hall–Kier alpha value is -2.29. The van der Waals surface area contributed by atoms with Crippen molar-refractivity contribution in [2.24, 2.45) is 0 Å². The lowest BCUT2D eigenvalue weighted by Crippen LogP contribution is -2.21. The topological polar surface area (TPSA) is 38.3 Å². The molecule has 0 heterocycles. The van der Waals surface area contributed by atoms with Gasteiger partial charge in [0, 0.05) is 5.69 Å². The van der Waals surface area contributed by atoms with Crippen molar-refractivity contribution in [3.63, 3.8) is 0 Å². The van der Waals surface area contributed by atoms with Gasteiger partial charge in [-0.2, -0.15) is 0 Å². The van der Waals surface area contributed by atoms with Gasteiger partial charge in [0.25, 0.3) is 5.91 Å². The molecule has 1 N–H and O–H groups in total. The van der Waals surface area contributed by atoms with Gasteiger partial charge in [-0.3, -0.25) is 4.79 Å². The van der Waals surface area contributed by atoms with Gasteiger partial charge in [0.2, 0.25) is 0 Å². The van der Waals surface area contributed by atoms with E-state index in [0.717, 1.165) is 28.1 Å². The molecule has 1 amide bonds. The third-order valence-corrected chi connectivity index (χ3v) is 3.84. The third-order valence-electron chi connectivity index (χ3n) is 3.84. The molecule has 0 saturated heterocycles. The zero-order valence-electron chi connectivity index (χ0n) is 14.6. The van der Waals surface area contributed by atoms with Crippen LogP contribution in [0.15, 0.2) is 36.4 Å². The molecule has 0 saturated carbocycles. The molecule has 0 aromatic heterocycles. The average molecular weight is 311 g/mol. The van der Waals surface area contributed by atoms with Crippen LogP contribution in [0.25, 0.3) is 0 Å². The van der Waals surface area contributed by atoms with Crippen LogP contribution in [-0.4, -0.2) is 12.5 Å². The molecule has 0 unspecified atom stereocenters. The number of nitrogens with one attached hydrogen (secondary N) is 1. The van der Waals surface area contributed by atoms with Crippen LogP contribution < -0.4 is 10.1 Å². The zero-order valence-corrected chi connectivity index (χ0v) is 14.6. The predicted molar refractivity (Wildman–Crippen MR) is 95.3 cm³/mol. The molecule has 0 spiro atoms. The van der Waals surface area contributed by atoms with E-state index in [1.165, 1.54) is 5.56 Å². The molecule has 2 rings (SSSR count). The first-order chi connectivity index (χ1) is 10.9. The van der Waals surface area contributed by atoms with E-state index in [1.807, 2.05) is 38.1 Å². The van der Waals surface area contributed by atoms with E-state index in [-0.39, 0.29) is 12.5 Å². The highest BCUT2D eigenvalue weighted by Gasteiger charge is 2.11. The van der Waals surface area contributed by atoms with Crippen LogP contribution in [0.5, 0.6) is 5.75 Å². The molecular weight excluding hydrogens is 286 g/mol. The second-order valence-electron chi connectivity index (χ2n) is 6.30. The minimum Gasteiger partial charge on any atom is -0.483 e. The second kappa shape index (κ2) is 7.32. The molecule has 122 valence electrons. The third kappa shape index (κ3) is 4.35. The summed E-state index contributed by atoms with van der Waals surface area (Å²) in [6.07, 6.45) is 0. The molecule has 0 aliphatic carbocycles. The van der Waals surface area contributed by atoms with Gasteiger partial charge >= 0.3 is 0 Å². The summed E-state index contributed by atoms with van der Waals surface area (Å²) in [6.45, 7) is 10.3. The van der Waals surface area contributed by atoms with Gasteiger partial charge < -0.3 is 10.1 Å². The number of hydrogen-bond donors (Lipinski definition) is 1. The zero-order chi connectivity index (χ0) is 17.0. The lowest BCUT2D eigenvalue weighted by molar-refractivity contribution is -0.118. The number of amides is 1. The fourth-order valence-electron chi connectivity index (χ4n) is 2.78. The van der Waals surface area contributed by atoms with Crippen molar-refractivity contribution in [1.82, 2.24) is 0 Å². The molecule has 3 heteroatoms. The van der Waals surface area contributed by atoms with Crippen LogP contribution in [0, 0.1) is 20.8 Å². The Labute approximate surface area is 138 Å². The first-order valence-corrected chi connectivity index (χ1v) is 7.98. The van der Waals surface area contributed by atoms with Crippen molar-refractivity contribution >= 4 is 11.6 Å². The van der Waals surface area contributed by atoms with Crippen molar-refractivity contribution < 1.29 is 9.53 Å². The summed E-state index contributed by atoms with van der Waals surface area (Å²) in [4.78, 5) is 12.2. The number of hydrogen-bond acceptors (Lipinski definition) is 2. The summed E-state index contributed by atoms with van der Waals surface area (Å²) in [5, 5.41) is 2.96. The molecule has 0 radical (unpaired) electrons. The standard InChI is InChI=1S/C20H25NO2/c1-13(2)17-8-6-7-9-18(17)23-12-19(22)21-20-15(4)10-14(3)11-16(20)5/h6-11,13H,12H2,1-5H3,(H,21,22). The highest BCUT2D eigenvalue weighted by Crippen LogP contribution is 2.26. The number of rotatable bonds is 5. The normalized spacial score (nSPS) is 10.7. The van der Waals surface area contributed by atoms with E-state index in [4.69, 9.17) is 4.74 Å². The number of ether oxygens (including phenoxy) is 1. The van der Waals surface area contributed by atoms with Gasteiger partial charge in [0.15, 0.2) is 6.61 Å². The average Bonchev–Trinajstić information content (AvgIpc) is 2.49. The number of carbonyl (C=O) groups is 1. The largest absolute Gasteiger partial charge is 0.483 e. The number of benzene rings is 2. The molecule has 0 atom stereocenters. The first-order valence-electron chi connectivity index (χ1n) is 7.98. The molecule has 0 aliphatic rings. The summed E-state index contributed by atoms with van der Waals surface area (Å²) in [5.41, 5.74) is 5.32. The fourth-order valence-corrected chi connectivity index (χ4v) is 2.78. The summed E-state index contributed by atoms with van der Waals surface area (Å²) in [7, 11) is 0. The summed E-state index contributed by atoms with van der Waals surface area (Å²) in [6, 6.07) is 12.0. The minimum absolute atomic E-state index is 0.0104. The molecule has 0 fully saturated rings. The maximum Gasteiger partial charge on any atom is 0.262 e. The lowest BCUT2D eigenvalue weighted by atomic mass is 10.0. The Kier molecular flexibility index (Phi) is 5.43. The SMILES string of the molecule is Cc1cc(C)c(NC(=O)COc2ccccc2C(C)C)c(C)c1. The first kappa shape index (κ1) is 17.1. The van der Waals surface area contributed by atoms with Crippen LogP contribution in [-0.2, 0) is 4.79 Å². The summed E-state index contributed by atoms with van der Waals surface area (Å²) >= 11 is 0. The maximum atomic E-state index is 12.2.